The maximum absolute atomic E-state index is 11.3. The van der Waals surface area contributed by atoms with Crippen LogP contribution >= 0.6 is 0 Å². The van der Waals surface area contributed by atoms with E-state index in [9.17, 15) is 14.9 Å². The van der Waals surface area contributed by atoms with Gasteiger partial charge in [-0.15, -0.1) is 0 Å². The van der Waals surface area contributed by atoms with E-state index in [1.165, 1.54) is 19.6 Å². The van der Waals surface area contributed by atoms with Crippen molar-refractivity contribution in [3.8, 4) is 0 Å². The molecule has 0 aromatic heterocycles. The van der Waals surface area contributed by atoms with Crippen LogP contribution in [-0.4, -0.2) is 18.0 Å². The third-order valence-electron chi connectivity index (χ3n) is 3.44. The van der Waals surface area contributed by atoms with Gasteiger partial charge in [-0.2, -0.15) is 0 Å². The first kappa shape index (κ1) is 12.5. The molecular formula is C13H15NO4. The van der Waals surface area contributed by atoms with Gasteiger partial charge in [0.2, 0.25) is 0 Å². The largest absolute Gasteiger partial charge is 0.465 e. The van der Waals surface area contributed by atoms with E-state index in [-0.39, 0.29) is 11.3 Å². The highest BCUT2D eigenvalue weighted by atomic mass is 16.6. The molecule has 0 amide bonds. The average molecular weight is 249 g/mol. The topological polar surface area (TPSA) is 69.4 Å². The fourth-order valence-electron chi connectivity index (χ4n) is 2.16. The predicted octanol–water partition coefficient (Wildman–Crippen LogP) is 2.72. The lowest BCUT2D eigenvalue weighted by atomic mass is 9.80. The van der Waals surface area contributed by atoms with Gasteiger partial charge in [-0.05, 0) is 18.4 Å². The summed E-state index contributed by atoms with van der Waals surface area (Å²) in [6.07, 6.45) is 4.20. The Hall–Kier alpha value is -1.91. The minimum atomic E-state index is -0.548. The van der Waals surface area contributed by atoms with Gasteiger partial charge in [0.15, 0.2) is 0 Å². The third kappa shape index (κ3) is 2.50. The number of nitro benzene ring substituents is 1. The summed E-state index contributed by atoms with van der Waals surface area (Å²) in [6.45, 7) is 0. The van der Waals surface area contributed by atoms with Gasteiger partial charge in [-0.25, -0.2) is 4.79 Å². The van der Waals surface area contributed by atoms with Crippen LogP contribution in [0.25, 0.3) is 0 Å². The molecule has 0 saturated heterocycles. The number of hydrogen-bond donors (Lipinski definition) is 0. The summed E-state index contributed by atoms with van der Waals surface area (Å²) in [4.78, 5) is 21.9. The first-order valence-corrected chi connectivity index (χ1v) is 5.97. The maximum atomic E-state index is 11.3. The van der Waals surface area contributed by atoms with E-state index in [0.717, 1.165) is 19.3 Å². The minimum Gasteiger partial charge on any atom is -0.465 e. The normalized spacial score (nSPS) is 14.9. The second kappa shape index (κ2) is 5.16. The average Bonchev–Trinajstić information content (AvgIpc) is 2.32. The molecule has 0 heterocycles. The Morgan fingerprint density at radius 2 is 2.22 bits per heavy atom. The monoisotopic (exact) mass is 249 g/mol. The van der Waals surface area contributed by atoms with Crippen molar-refractivity contribution in [2.75, 3.05) is 7.11 Å². The van der Waals surface area contributed by atoms with Crippen molar-refractivity contribution in [2.45, 2.75) is 25.7 Å². The van der Waals surface area contributed by atoms with E-state index >= 15 is 0 Å². The number of rotatable bonds is 4. The molecule has 18 heavy (non-hydrogen) atoms. The number of ether oxygens (including phenoxy) is 1. The summed E-state index contributed by atoms with van der Waals surface area (Å²) in [5.41, 5.74) is 0.948. The second-order valence-corrected chi connectivity index (χ2v) is 4.59. The zero-order valence-electron chi connectivity index (χ0n) is 10.2. The van der Waals surface area contributed by atoms with E-state index in [1.807, 2.05) is 0 Å². The minimum absolute atomic E-state index is 0.0183. The summed E-state index contributed by atoms with van der Waals surface area (Å²) in [6, 6.07) is 4.56. The van der Waals surface area contributed by atoms with Crippen LogP contribution in [0.3, 0.4) is 0 Å². The lowest BCUT2D eigenvalue weighted by Gasteiger charge is -2.25. The Balaban J connectivity index is 2.28. The Labute approximate surface area is 105 Å². The first-order chi connectivity index (χ1) is 8.61. The SMILES string of the molecule is COC(=O)c1ccc(CC2CCC2)c([N+](=O)[O-])c1. The zero-order valence-corrected chi connectivity index (χ0v) is 10.2. The van der Waals surface area contributed by atoms with E-state index in [1.54, 1.807) is 12.1 Å². The van der Waals surface area contributed by atoms with Crippen LogP contribution < -0.4 is 0 Å². The number of hydrogen-bond acceptors (Lipinski definition) is 4. The van der Waals surface area contributed by atoms with Crippen molar-refractivity contribution in [3.05, 3.63) is 39.4 Å². The lowest BCUT2D eigenvalue weighted by Crippen LogP contribution is -2.15. The summed E-state index contributed by atoms with van der Waals surface area (Å²) in [5.74, 6) is 0.000899. The Morgan fingerprint density at radius 1 is 1.50 bits per heavy atom. The van der Waals surface area contributed by atoms with Gasteiger partial charge in [0.25, 0.3) is 5.69 Å². The van der Waals surface area contributed by atoms with Crippen LogP contribution in [0.1, 0.15) is 35.2 Å². The molecule has 0 aliphatic heterocycles. The van der Waals surface area contributed by atoms with E-state index in [0.29, 0.717) is 11.5 Å². The van der Waals surface area contributed by atoms with E-state index in [2.05, 4.69) is 4.74 Å². The van der Waals surface area contributed by atoms with Crippen LogP contribution in [0.2, 0.25) is 0 Å². The van der Waals surface area contributed by atoms with Gasteiger partial charge in [0, 0.05) is 11.6 Å². The summed E-state index contributed by atoms with van der Waals surface area (Å²) < 4.78 is 4.56. The number of methoxy groups -OCH3 is 1. The molecule has 0 atom stereocenters. The van der Waals surface area contributed by atoms with Crippen LogP contribution in [0.5, 0.6) is 0 Å². The van der Waals surface area contributed by atoms with Gasteiger partial charge >= 0.3 is 5.97 Å². The summed E-state index contributed by atoms with van der Waals surface area (Å²) >= 11 is 0. The highest BCUT2D eigenvalue weighted by Crippen LogP contribution is 2.33. The molecule has 1 aromatic carbocycles. The molecular weight excluding hydrogens is 234 g/mol. The second-order valence-electron chi connectivity index (χ2n) is 4.59. The van der Waals surface area contributed by atoms with Crippen molar-refractivity contribution in [1.82, 2.24) is 0 Å². The molecule has 1 aromatic rings. The molecule has 5 heteroatoms. The van der Waals surface area contributed by atoms with E-state index < -0.39 is 10.9 Å². The van der Waals surface area contributed by atoms with Crippen molar-refractivity contribution in [2.24, 2.45) is 5.92 Å². The number of nitrogens with zero attached hydrogens (tertiary/aromatic N) is 1. The lowest BCUT2D eigenvalue weighted by molar-refractivity contribution is -0.385. The molecule has 96 valence electrons. The third-order valence-corrected chi connectivity index (χ3v) is 3.44. The highest BCUT2D eigenvalue weighted by Gasteiger charge is 2.23. The summed E-state index contributed by atoms with van der Waals surface area (Å²) in [5, 5.41) is 11.0. The summed E-state index contributed by atoms with van der Waals surface area (Å²) in [7, 11) is 1.26. The fourth-order valence-corrected chi connectivity index (χ4v) is 2.16. The predicted molar refractivity (Wildman–Crippen MR) is 65.5 cm³/mol. The molecule has 0 spiro atoms. The molecule has 1 aliphatic rings. The number of carbonyl (C=O) groups excluding carboxylic acids is 1. The van der Waals surface area contributed by atoms with Crippen molar-refractivity contribution in [3.63, 3.8) is 0 Å². The molecule has 1 saturated carbocycles. The smallest absolute Gasteiger partial charge is 0.338 e. The standard InChI is InChI=1S/C13H15NO4/c1-18-13(15)11-6-5-10(7-9-3-2-4-9)12(8-11)14(16)17/h5-6,8-9H,2-4,7H2,1H3. The molecule has 0 N–H and O–H groups in total. The Kier molecular flexibility index (Phi) is 3.60. The van der Waals surface area contributed by atoms with Crippen LogP contribution in [0, 0.1) is 16.0 Å². The highest BCUT2D eigenvalue weighted by molar-refractivity contribution is 5.90. The quantitative estimate of drug-likeness (QED) is 0.467. The number of benzene rings is 1. The number of esters is 1. The molecule has 0 unspecified atom stereocenters. The van der Waals surface area contributed by atoms with Crippen molar-refractivity contribution in [1.29, 1.82) is 0 Å². The molecule has 1 aliphatic carbocycles. The van der Waals surface area contributed by atoms with Gasteiger partial charge in [0.1, 0.15) is 0 Å². The molecule has 0 radical (unpaired) electrons. The number of carbonyl (C=O) groups is 1. The number of nitro groups is 1. The van der Waals surface area contributed by atoms with Gasteiger partial charge in [-0.3, -0.25) is 10.1 Å². The van der Waals surface area contributed by atoms with Crippen LogP contribution in [0.4, 0.5) is 5.69 Å². The Bertz CT molecular complexity index is 480. The maximum Gasteiger partial charge on any atom is 0.338 e. The molecule has 5 nitrogen and oxygen atoms in total. The van der Waals surface area contributed by atoms with Crippen LogP contribution in [-0.2, 0) is 11.2 Å². The first-order valence-electron chi connectivity index (χ1n) is 5.97. The molecule has 2 rings (SSSR count). The van der Waals surface area contributed by atoms with Crippen molar-refractivity contribution < 1.29 is 14.5 Å². The fraction of sp³-hybridized carbons (Fsp3) is 0.462. The van der Waals surface area contributed by atoms with Gasteiger partial charge < -0.3 is 4.74 Å². The molecule has 0 bridgehead atoms. The Morgan fingerprint density at radius 3 is 2.72 bits per heavy atom. The van der Waals surface area contributed by atoms with Crippen molar-refractivity contribution >= 4 is 11.7 Å². The van der Waals surface area contributed by atoms with Crippen LogP contribution in [0.15, 0.2) is 18.2 Å². The van der Waals surface area contributed by atoms with E-state index in [4.69, 9.17) is 0 Å². The zero-order chi connectivity index (χ0) is 13.1. The molecule has 1 fully saturated rings. The van der Waals surface area contributed by atoms with Gasteiger partial charge in [0.05, 0.1) is 17.6 Å². The van der Waals surface area contributed by atoms with Gasteiger partial charge in [-0.1, -0.05) is 25.3 Å².